The van der Waals surface area contributed by atoms with Crippen molar-refractivity contribution < 1.29 is 28.2 Å². The number of likely N-dealkylation sites (tertiary alicyclic amines) is 1. The van der Waals surface area contributed by atoms with Gasteiger partial charge >= 0.3 is 6.09 Å². The number of anilines is 1. The van der Waals surface area contributed by atoms with Crippen molar-refractivity contribution in [1.82, 2.24) is 29.6 Å². The van der Waals surface area contributed by atoms with Crippen LogP contribution in [0.15, 0.2) is 16.8 Å². The van der Waals surface area contributed by atoms with Crippen LogP contribution in [0, 0.1) is 13.8 Å². The lowest BCUT2D eigenvalue weighted by Crippen LogP contribution is -2.46. The van der Waals surface area contributed by atoms with Crippen molar-refractivity contribution in [3.63, 3.8) is 0 Å². The van der Waals surface area contributed by atoms with Crippen LogP contribution in [0.4, 0.5) is 19.5 Å². The van der Waals surface area contributed by atoms with Crippen LogP contribution >= 0.6 is 11.8 Å². The van der Waals surface area contributed by atoms with E-state index in [0.29, 0.717) is 38.8 Å². The number of carbonyl (C=O) groups excluding carboxylic acids is 1. The average molecular weight is 588 g/mol. The number of amides is 2. The first-order chi connectivity index (χ1) is 19.2. The van der Waals surface area contributed by atoms with Gasteiger partial charge in [-0.15, -0.1) is 11.8 Å². The Morgan fingerprint density at radius 1 is 1.24 bits per heavy atom. The maximum atomic E-state index is 13.9. The highest BCUT2D eigenvalue weighted by molar-refractivity contribution is 7.99. The lowest BCUT2D eigenvalue weighted by atomic mass is 10.1. The van der Waals surface area contributed by atoms with Gasteiger partial charge in [-0.2, -0.15) is 10.1 Å². The third kappa shape index (κ3) is 5.32. The van der Waals surface area contributed by atoms with Crippen molar-refractivity contribution >= 4 is 46.8 Å². The molecule has 5 rings (SSSR count). The Morgan fingerprint density at radius 2 is 1.98 bits per heavy atom. The summed E-state index contributed by atoms with van der Waals surface area (Å²) in [5.74, 6) is -2.59. The molecule has 1 saturated heterocycles. The number of alkyl halides is 2. The van der Waals surface area contributed by atoms with Crippen molar-refractivity contribution in [2.75, 3.05) is 30.9 Å². The summed E-state index contributed by atoms with van der Waals surface area (Å²) >= 11 is 1.22. The van der Waals surface area contributed by atoms with Crippen LogP contribution in [0.25, 0.3) is 17.1 Å². The number of hydrogen-bond acceptors (Lipinski definition) is 8. The predicted molar refractivity (Wildman–Crippen MR) is 150 cm³/mol. The molecular weight excluding hydrogens is 556 g/mol. The minimum Gasteiger partial charge on any atom is -0.496 e. The van der Waals surface area contributed by atoms with E-state index in [4.69, 9.17) is 9.84 Å². The highest BCUT2D eigenvalue weighted by Gasteiger charge is 2.41. The Kier molecular flexibility index (Phi) is 7.16. The van der Waals surface area contributed by atoms with Gasteiger partial charge in [-0.3, -0.25) is 9.78 Å². The highest BCUT2D eigenvalue weighted by atomic mass is 32.2. The SMILES string of the molecule is COc1c(C)cnc(Cn2nc3c4c(nc(N(C(=O)O)C(C)(C)C)nc42)SCC(C(=O)N2CCC(F)(F)C2)=C3)c1C. The summed E-state index contributed by atoms with van der Waals surface area (Å²) in [7, 11) is 1.59. The van der Waals surface area contributed by atoms with Gasteiger partial charge in [0.25, 0.3) is 11.8 Å². The number of nitrogens with zero attached hydrogens (tertiary/aromatic N) is 7. The van der Waals surface area contributed by atoms with Crippen LogP contribution in [-0.4, -0.2) is 84.2 Å². The largest absolute Gasteiger partial charge is 0.496 e. The summed E-state index contributed by atoms with van der Waals surface area (Å²) in [5, 5.41) is 15.8. The quantitative estimate of drug-likeness (QED) is 0.428. The molecule has 14 heteroatoms. The topological polar surface area (TPSA) is 127 Å². The van der Waals surface area contributed by atoms with E-state index in [1.54, 1.807) is 44.8 Å². The van der Waals surface area contributed by atoms with Crippen LogP contribution in [-0.2, 0) is 11.3 Å². The molecule has 1 fully saturated rings. The molecule has 0 spiro atoms. The number of rotatable bonds is 5. The van der Waals surface area contributed by atoms with Crippen molar-refractivity contribution in [2.24, 2.45) is 0 Å². The monoisotopic (exact) mass is 587 g/mol. The van der Waals surface area contributed by atoms with E-state index in [1.165, 1.54) is 11.8 Å². The van der Waals surface area contributed by atoms with Gasteiger partial charge in [-0.1, -0.05) is 0 Å². The number of pyridine rings is 1. The Morgan fingerprint density at radius 3 is 2.59 bits per heavy atom. The molecule has 0 unspecified atom stereocenters. The molecule has 41 heavy (non-hydrogen) atoms. The van der Waals surface area contributed by atoms with E-state index in [1.807, 2.05) is 13.8 Å². The summed E-state index contributed by atoms with van der Waals surface area (Å²) in [6, 6.07) is 0. The number of carboxylic acid groups (broad SMARTS) is 1. The number of hydrogen-bond donors (Lipinski definition) is 1. The second-order valence-electron chi connectivity index (χ2n) is 11.2. The van der Waals surface area contributed by atoms with Gasteiger partial charge in [0, 0.05) is 47.2 Å². The lowest BCUT2D eigenvalue weighted by molar-refractivity contribution is -0.127. The molecule has 2 aliphatic rings. The summed E-state index contributed by atoms with van der Waals surface area (Å²) in [5.41, 5.74) is 2.56. The van der Waals surface area contributed by atoms with E-state index in [-0.39, 0.29) is 31.2 Å². The van der Waals surface area contributed by atoms with Gasteiger partial charge in [0.2, 0.25) is 5.95 Å². The predicted octanol–water partition coefficient (Wildman–Crippen LogP) is 4.53. The van der Waals surface area contributed by atoms with Gasteiger partial charge in [-0.25, -0.2) is 28.1 Å². The van der Waals surface area contributed by atoms with Crippen LogP contribution in [0.3, 0.4) is 0 Å². The molecule has 3 aromatic rings. The number of aryl methyl sites for hydroxylation is 1. The first kappa shape index (κ1) is 28.7. The fourth-order valence-corrected chi connectivity index (χ4v) is 6.09. The normalized spacial score (nSPS) is 16.5. The van der Waals surface area contributed by atoms with Gasteiger partial charge in [0.15, 0.2) is 5.65 Å². The highest BCUT2D eigenvalue weighted by Crippen LogP contribution is 2.38. The van der Waals surface area contributed by atoms with Gasteiger partial charge in [-0.05, 0) is 40.7 Å². The maximum absolute atomic E-state index is 13.9. The molecule has 218 valence electrons. The Hall–Kier alpha value is -3.81. The molecule has 0 radical (unpaired) electrons. The van der Waals surface area contributed by atoms with E-state index in [9.17, 15) is 23.5 Å². The third-order valence-electron chi connectivity index (χ3n) is 7.09. The molecule has 0 bridgehead atoms. The molecule has 0 atom stereocenters. The average Bonchev–Trinajstić information content (AvgIpc) is 3.34. The molecule has 0 saturated carbocycles. The van der Waals surface area contributed by atoms with Crippen LogP contribution in [0.1, 0.15) is 49.7 Å². The number of thioether (sulfide) groups is 1. The molecule has 0 aromatic carbocycles. The van der Waals surface area contributed by atoms with Crippen molar-refractivity contribution in [2.45, 2.75) is 64.1 Å². The molecule has 5 heterocycles. The Bertz CT molecular complexity index is 1600. The van der Waals surface area contributed by atoms with Gasteiger partial charge in [0.1, 0.15) is 10.8 Å². The third-order valence-corrected chi connectivity index (χ3v) is 8.12. The Labute approximate surface area is 239 Å². The second kappa shape index (κ2) is 10.2. The van der Waals surface area contributed by atoms with Crippen LogP contribution in [0.5, 0.6) is 5.75 Å². The van der Waals surface area contributed by atoms with Crippen molar-refractivity contribution in [3.05, 3.63) is 34.3 Å². The molecule has 3 aromatic heterocycles. The summed E-state index contributed by atoms with van der Waals surface area (Å²) in [6.45, 7) is 8.50. The van der Waals surface area contributed by atoms with E-state index >= 15 is 0 Å². The summed E-state index contributed by atoms with van der Waals surface area (Å²) in [4.78, 5) is 41.7. The first-order valence-electron chi connectivity index (χ1n) is 13.0. The van der Waals surface area contributed by atoms with Crippen molar-refractivity contribution in [1.29, 1.82) is 0 Å². The number of methoxy groups -OCH3 is 1. The zero-order valence-electron chi connectivity index (χ0n) is 23.7. The molecule has 1 N–H and O–H groups in total. The second-order valence-corrected chi connectivity index (χ2v) is 12.2. The molecule has 0 aliphatic carbocycles. The van der Waals surface area contributed by atoms with E-state index < -0.39 is 30.0 Å². The first-order valence-corrected chi connectivity index (χ1v) is 14.0. The molecule has 2 amide bonds. The number of ether oxygens (including phenoxy) is 1. The number of aromatic nitrogens is 5. The fourth-order valence-electron chi connectivity index (χ4n) is 5.11. The Balaban J connectivity index is 1.66. The standard InChI is InChI=1S/C27H31F2N7O4S/c1-14-10-30-18(15(2)20(14)40-6)11-35-21-19-17(33-35)9-16(23(37)34-8-7-27(28,29)13-34)12-41-22(19)32-24(31-21)36(25(38)39)26(3,4)5/h9-10H,7-8,11-13H2,1-6H3,(H,38,39). The molecule has 2 aliphatic heterocycles. The fraction of sp³-hybridized carbons (Fsp3) is 0.481. The van der Waals surface area contributed by atoms with Gasteiger partial charge < -0.3 is 14.7 Å². The minimum absolute atomic E-state index is 0.0338. The van der Waals surface area contributed by atoms with Crippen molar-refractivity contribution in [3.8, 4) is 5.75 Å². The summed E-state index contributed by atoms with van der Waals surface area (Å²) < 4.78 is 34.9. The van der Waals surface area contributed by atoms with Crippen LogP contribution < -0.4 is 9.64 Å². The number of halogens is 2. The van der Waals surface area contributed by atoms with Gasteiger partial charge in [0.05, 0.1) is 37.0 Å². The maximum Gasteiger partial charge on any atom is 0.414 e. The van der Waals surface area contributed by atoms with E-state index in [0.717, 1.165) is 20.9 Å². The lowest BCUT2D eigenvalue weighted by Gasteiger charge is -2.31. The summed E-state index contributed by atoms with van der Waals surface area (Å²) in [6.07, 6.45) is 1.70. The zero-order valence-corrected chi connectivity index (χ0v) is 24.5. The zero-order chi connectivity index (χ0) is 29.9. The molecule has 11 nitrogen and oxygen atoms in total. The smallest absolute Gasteiger partial charge is 0.414 e. The molecular formula is C27H31F2N7O4S. The van der Waals surface area contributed by atoms with Crippen LogP contribution in [0.2, 0.25) is 0 Å². The van der Waals surface area contributed by atoms with E-state index in [2.05, 4.69) is 15.0 Å². The number of carbonyl (C=O) groups is 2. The minimum atomic E-state index is -2.92.